The maximum Gasteiger partial charge on any atom is 0.257 e. The van der Waals surface area contributed by atoms with Gasteiger partial charge in [-0.3, -0.25) is 9.59 Å². The Kier molecular flexibility index (Phi) is 5.29. The van der Waals surface area contributed by atoms with E-state index < -0.39 is 0 Å². The van der Waals surface area contributed by atoms with E-state index in [1.165, 1.54) is 0 Å². The van der Waals surface area contributed by atoms with E-state index in [0.717, 1.165) is 38.8 Å². The van der Waals surface area contributed by atoms with Crippen LogP contribution in [0, 0.1) is 5.92 Å². The number of nitrogens with zero attached hydrogens (tertiary/aromatic N) is 2. The molecule has 130 valence electrons. The largest absolute Gasteiger partial charge is 0.496 e. The summed E-state index contributed by atoms with van der Waals surface area (Å²) in [7, 11) is 1.54. The minimum atomic E-state index is -0.0820. The van der Waals surface area contributed by atoms with Gasteiger partial charge in [-0.05, 0) is 43.9 Å². The highest BCUT2D eigenvalue weighted by atomic mass is 35.5. The van der Waals surface area contributed by atoms with Gasteiger partial charge < -0.3 is 14.5 Å². The maximum atomic E-state index is 12.8. The van der Waals surface area contributed by atoms with Gasteiger partial charge in [0.15, 0.2) is 0 Å². The quantitative estimate of drug-likeness (QED) is 0.842. The molecule has 0 radical (unpaired) electrons. The van der Waals surface area contributed by atoms with Crippen molar-refractivity contribution in [1.29, 1.82) is 0 Å². The summed E-state index contributed by atoms with van der Waals surface area (Å²) in [5, 5.41) is 0.512. The summed E-state index contributed by atoms with van der Waals surface area (Å²) < 4.78 is 5.27. The number of carbonyl (C=O) groups is 2. The molecule has 2 saturated heterocycles. The fourth-order valence-electron chi connectivity index (χ4n) is 3.54. The lowest BCUT2D eigenvalue weighted by molar-refractivity contribution is -0.135. The number of methoxy groups -OCH3 is 1. The molecule has 1 aromatic rings. The average Bonchev–Trinajstić information content (AvgIpc) is 3.15. The normalized spacial score (nSPS) is 18.8. The van der Waals surface area contributed by atoms with Crippen molar-refractivity contribution in [2.24, 2.45) is 5.92 Å². The number of ether oxygens (including phenoxy) is 1. The number of amides is 2. The molecular formula is C18H23ClN2O3. The van der Waals surface area contributed by atoms with E-state index in [4.69, 9.17) is 16.3 Å². The van der Waals surface area contributed by atoms with E-state index in [-0.39, 0.29) is 17.7 Å². The maximum absolute atomic E-state index is 12.8. The van der Waals surface area contributed by atoms with E-state index in [9.17, 15) is 9.59 Å². The second kappa shape index (κ2) is 7.43. The van der Waals surface area contributed by atoms with Gasteiger partial charge in [0, 0.05) is 37.1 Å². The zero-order chi connectivity index (χ0) is 17.1. The van der Waals surface area contributed by atoms with Crippen LogP contribution in [0.25, 0.3) is 0 Å². The predicted molar refractivity (Wildman–Crippen MR) is 92.4 cm³/mol. The molecule has 3 rings (SSSR count). The molecule has 0 aliphatic carbocycles. The molecule has 0 saturated carbocycles. The van der Waals surface area contributed by atoms with Gasteiger partial charge in [0.1, 0.15) is 5.75 Å². The Morgan fingerprint density at radius 1 is 1.08 bits per heavy atom. The molecule has 2 fully saturated rings. The number of halogens is 1. The van der Waals surface area contributed by atoms with Crippen molar-refractivity contribution < 1.29 is 14.3 Å². The first-order valence-electron chi connectivity index (χ1n) is 8.51. The molecule has 0 N–H and O–H groups in total. The molecule has 6 heteroatoms. The van der Waals surface area contributed by atoms with Crippen LogP contribution in [0.2, 0.25) is 5.02 Å². The Hall–Kier alpha value is -1.75. The summed E-state index contributed by atoms with van der Waals surface area (Å²) in [5.41, 5.74) is 0.481. The van der Waals surface area contributed by atoms with Crippen LogP contribution in [0.5, 0.6) is 5.75 Å². The van der Waals surface area contributed by atoms with Crippen molar-refractivity contribution in [2.45, 2.75) is 25.7 Å². The van der Waals surface area contributed by atoms with E-state index in [1.807, 2.05) is 4.90 Å². The number of hydrogen-bond donors (Lipinski definition) is 0. The monoisotopic (exact) mass is 350 g/mol. The Labute approximate surface area is 147 Å². The molecule has 0 bridgehead atoms. The van der Waals surface area contributed by atoms with Gasteiger partial charge in [0.25, 0.3) is 5.91 Å². The van der Waals surface area contributed by atoms with Gasteiger partial charge in [-0.1, -0.05) is 11.6 Å². The third-order valence-electron chi connectivity index (χ3n) is 4.94. The molecule has 2 heterocycles. The van der Waals surface area contributed by atoms with Gasteiger partial charge in [-0.15, -0.1) is 0 Å². The van der Waals surface area contributed by atoms with E-state index >= 15 is 0 Å². The molecule has 24 heavy (non-hydrogen) atoms. The van der Waals surface area contributed by atoms with Crippen molar-refractivity contribution in [3.05, 3.63) is 28.8 Å². The van der Waals surface area contributed by atoms with Crippen LogP contribution in [-0.2, 0) is 4.79 Å². The first-order valence-corrected chi connectivity index (χ1v) is 8.89. The highest BCUT2D eigenvalue weighted by Crippen LogP contribution is 2.27. The second-order valence-electron chi connectivity index (χ2n) is 6.44. The summed E-state index contributed by atoms with van der Waals surface area (Å²) in [5.74, 6) is 0.759. The summed E-state index contributed by atoms with van der Waals surface area (Å²) in [6.45, 7) is 2.97. The fourth-order valence-corrected chi connectivity index (χ4v) is 3.72. The van der Waals surface area contributed by atoms with Crippen molar-refractivity contribution >= 4 is 23.4 Å². The number of rotatable bonds is 3. The zero-order valence-corrected chi connectivity index (χ0v) is 14.7. The molecule has 2 aliphatic heterocycles. The summed E-state index contributed by atoms with van der Waals surface area (Å²) in [6.07, 6.45) is 3.67. The van der Waals surface area contributed by atoms with Gasteiger partial charge in [-0.25, -0.2) is 0 Å². The van der Waals surface area contributed by atoms with Gasteiger partial charge in [0.2, 0.25) is 5.91 Å². The van der Waals surface area contributed by atoms with Crippen molar-refractivity contribution in [3.8, 4) is 5.75 Å². The smallest absolute Gasteiger partial charge is 0.257 e. The van der Waals surface area contributed by atoms with Crippen LogP contribution < -0.4 is 4.74 Å². The minimum absolute atomic E-state index is 0.0495. The molecule has 0 unspecified atom stereocenters. The fraction of sp³-hybridized carbons (Fsp3) is 0.556. The lowest BCUT2D eigenvalue weighted by atomic mass is 9.95. The van der Waals surface area contributed by atoms with Crippen molar-refractivity contribution in [2.75, 3.05) is 33.3 Å². The number of likely N-dealkylation sites (tertiary alicyclic amines) is 2. The van der Waals surface area contributed by atoms with Crippen molar-refractivity contribution in [1.82, 2.24) is 9.80 Å². The first-order chi connectivity index (χ1) is 11.6. The standard InChI is InChI=1S/C18H23ClN2O3/c1-24-16-5-4-14(19)12-15(16)18(23)21-10-6-13(7-11-21)17(22)20-8-2-3-9-20/h4-5,12-13H,2-3,6-11H2,1H3. The highest BCUT2D eigenvalue weighted by molar-refractivity contribution is 6.31. The van der Waals surface area contributed by atoms with Crippen LogP contribution in [0.4, 0.5) is 0 Å². The summed E-state index contributed by atoms with van der Waals surface area (Å²) in [6, 6.07) is 5.06. The lowest BCUT2D eigenvalue weighted by Gasteiger charge is -2.33. The molecule has 2 amide bonds. The van der Waals surface area contributed by atoms with E-state index in [1.54, 1.807) is 30.2 Å². The topological polar surface area (TPSA) is 49.9 Å². The number of benzene rings is 1. The number of hydrogen-bond acceptors (Lipinski definition) is 3. The van der Waals surface area contributed by atoms with Crippen molar-refractivity contribution in [3.63, 3.8) is 0 Å². The number of piperidine rings is 1. The van der Waals surface area contributed by atoms with Gasteiger partial charge >= 0.3 is 0 Å². The predicted octanol–water partition coefficient (Wildman–Crippen LogP) is 2.82. The highest BCUT2D eigenvalue weighted by Gasteiger charge is 2.32. The minimum Gasteiger partial charge on any atom is -0.496 e. The summed E-state index contributed by atoms with van der Waals surface area (Å²) >= 11 is 6.02. The van der Waals surface area contributed by atoms with Crippen LogP contribution in [0.15, 0.2) is 18.2 Å². The SMILES string of the molecule is COc1ccc(Cl)cc1C(=O)N1CCC(C(=O)N2CCCC2)CC1. The Balaban J connectivity index is 1.63. The average molecular weight is 351 g/mol. The first kappa shape index (κ1) is 17.1. The van der Waals surface area contributed by atoms with Crippen LogP contribution in [0.1, 0.15) is 36.0 Å². The summed E-state index contributed by atoms with van der Waals surface area (Å²) in [4.78, 5) is 29.0. The lowest BCUT2D eigenvalue weighted by Crippen LogP contribution is -2.43. The molecule has 0 atom stereocenters. The Bertz CT molecular complexity index is 621. The van der Waals surface area contributed by atoms with Crippen LogP contribution in [0.3, 0.4) is 0 Å². The second-order valence-corrected chi connectivity index (χ2v) is 6.88. The van der Waals surface area contributed by atoms with Crippen LogP contribution >= 0.6 is 11.6 Å². The third-order valence-corrected chi connectivity index (χ3v) is 5.18. The van der Waals surface area contributed by atoms with E-state index in [2.05, 4.69) is 0 Å². The molecular weight excluding hydrogens is 328 g/mol. The third kappa shape index (κ3) is 3.51. The molecule has 2 aliphatic rings. The molecule has 1 aromatic carbocycles. The number of carbonyl (C=O) groups excluding carboxylic acids is 2. The Morgan fingerprint density at radius 3 is 2.38 bits per heavy atom. The van der Waals surface area contributed by atoms with Gasteiger partial charge in [-0.2, -0.15) is 0 Å². The zero-order valence-electron chi connectivity index (χ0n) is 14.0. The molecule has 0 aromatic heterocycles. The molecule has 5 nitrogen and oxygen atoms in total. The van der Waals surface area contributed by atoms with Gasteiger partial charge in [0.05, 0.1) is 12.7 Å². The Morgan fingerprint density at radius 2 is 1.75 bits per heavy atom. The van der Waals surface area contributed by atoms with E-state index in [0.29, 0.717) is 29.4 Å². The van der Waals surface area contributed by atoms with Crippen LogP contribution in [-0.4, -0.2) is 54.9 Å². The molecule has 0 spiro atoms.